The van der Waals surface area contributed by atoms with Gasteiger partial charge in [-0.25, -0.2) is 4.98 Å². The maximum atomic E-state index is 4.66. The van der Waals surface area contributed by atoms with E-state index in [-0.39, 0.29) is 0 Å². The van der Waals surface area contributed by atoms with Crippen LogP contribution in [-0.4, -0.2) is 65.6 Å². The van der Waals surface area contributed by atoms with Crippen molar-refractivity contribution in [1.29, 1.82) is 0 Å². The Bertz CT molecular complexity index is 1150. The van der Waals surface area contributed by atoms with Crippen molar-refractivity contribution in [2.24, 2.45) is 0 Å². The van der Waals surface area contributed by atoms with Gasteiger partial charge < -0.3 is 9.80 Å². The Morgan fingerprint density at radius 1 is 1.07 bits per heavy atom. The fourth-order valence-electron chi connectivity index (χ4n) is 3.54. The zero-order valence-electron chi connectivity index (χ0n) is 15.7. The van der Waals surface area contributed by atoms with Gasteiger partial charge >= 0.3 is 0 Å². The molecule has 4 aromatic rings. The Balaban J connectivity index is 1.41. The minimum atomic E-state index is 0.359. The molecule has 5 rings (SSSR count). The number of likely N-dealkylation sites (N-methyl/N-ethyl adjacent to an activating group) is 1. The van der Waals surface area contributed by atoms with Crippen LogP contribution in [0, 0.1) is 20.8 Å². The lowest BCUT2D eigenvalue weighted by Gasteiger charge is -2.45. The topological polar surface area (TPSA) is 92.6 Å². The fraction of sp³-hybridized carbons (Fsp3) is 0.412. The van der Waals surface area contributed by atoms with Crippen molar-refractivity contribution in [2.75, 3.05) is 29.9 Å². The number of hydrogen-bond donors (Lipinski definition) is 0. The van der Waals surface area contributed by atoms with Crippen LogP contribution >= 0.6 is 0 Å². The van der Waals surface area contributed by atoms with Crippen molar-refractivity contribution in [2.45, 2.75) is 26.8 Å². The van der Waals surface area contributed by atoms with Gasteiger partial charge in [-0.1, -0.05) is 0 Å². The van der Waals surface area contributed by atoms with Gasteiger partial charge in [0.1, 0.15) is 18.0 Å². The third-order valence-corrected chi connectivity index (χ3v) is 5.35. The van der Waals surface area contributed by atoms with Crippen LogP contribution in [0.1, 0.15) is 17.1 Å². The molecule has 1 saturated heterocycles. The van der Waals surface area contributed by atoms with Crippen molar-refractivity contribution in [3.8, 4) is 0 Å². The molecule has 0 unspecified atom stereocenters. The first kappa shape index (κ1) is 15.9. The van der Waals surface area contributed by atoms with Gasteiger partial charge in [0, 0.05) is 31.4 Å². The SMILES string of the molecule is Cc1nc2ncnn2c(N(C)C2CN(c3ccc4nnc(C)n4n3)C2)c1C. The zero-order chi connectivity index (χ0) is 18.7. The van der Waals surface area contributed by atoms with E-state index in [1.54, 1.807) is 10.8 Å². The first-order chi connectivity index (χ1) is 13.0. The van der Waals surface area contributed by atoms with E-state index in [2.05, 4.69) is 54.1 Å². The van der Waals surface area contributed by atoms with Crippen LogP contribution in [0.4, 0.5) is 11.6 Å². The van der Waals surface area contributed by atoms with Crippen LogP contribution < -0.4 is 9.80 Å². The predicted molar refractivity (Wildman–Crippen MR) is 100 cm³/mol. The molecule has 0 bridgehead atoms. The van der Waals surface area contributed by atoms with E-state index in [1.165, 1.54) is 0 Å². The van der Waals surface area contributed by atoms with Gasteiger partial charge in [-0.05, 0) is 32.9 Å². The molecule has 0 saturated carbocycles. The number of aromatic nitrogens is 8. The van der Waals surface area contributed by atoms with Crippen LogP contribution in [0.25, 0.3) is 11.4 Å². The normalized spacial score (nSPS) is 14.9. The summed E-state index contributed by atoms with van der Waals surface area (Å²) >= 11 is 0. The standard InChI is InChI=1S/C17H20N10/c1-10-11(2)20-17-18-9-19-27(17)16(10)24(4)13-7-25(8-13)15-6-5-14-22-21-12(3)26(14)23-15/h5-6,9,13H,7-8H2,1-4H3. The van der Waals surface area contributed by atoms with Crippen molar-refractivity contribution in [3.63, 3.8) is 0 Å². The van der Waals surface area contributed by atoms with E-state index < -0.39 is 0 Å². The van der Waals surface area contributed by atoms with E-state index in [4.69, 9.17) is 0 Å². The maximum Gasteiger partial charge on any atom is 0.254 e. The van der Waals surface area contributed by atoms with E-state index in [9.17, 15) is 0 Å². The molecule has 0 amide bonds. The first-order valence-corrected chi connectivity index (χ1v) is 8.86. The number of aryl methyl sites for hydroxylation is 2. The minimum Gasteiger partial charge on any atom is -0.353 e. The molecule has 0 N–H and O–H groups in total. The molecule has 5 heterocycles. The molecule has 0 aromatic carbocycles. The predicted octanol–water partition coefficient (Wildman–Crippen LogP) is 0.812. The van der Waals surface area contributed by atoms with Gasteiger partial charge in [0.15, 0.2) is 11.5 Å². The van der Waals surface area contributed by atoms with E-state index in [0.29, 0.717) is 11.8 Å². The summed E-state index contributed by atoms with van der Waals surface area (Å²) in [4.78, 5) is 13.3. The Morgan fingerprint density at radius 3 is 2.70 bits per heavy atom. The number of rotatable bonds is 3. The lowest BCUT2D eigenvalue weighted by molar-refractivity contribution is 0.483. The third-order valence-electron chi connectivity index (χ3n) is 5.35. The molecule has 27 heavy (non-hydrogen) atoms. The highest BCUT2D eigenvalue weighted by atomic mass is 15.4. The van der Waals surface area contributed by atoms with Crippen LogP contribution in [0.15, 0.2) is 18.5 Å². The summed E-state index contributed by atoms with van der Waals surface area (Å²) < 4.78 is 3.59. The Morgan fingerprint density at radius 2 is 1.89 bits per heavy atom. The maximum absolute atomic E-state index is 4.66. The highest BCUT2D eigenvalue weighted by molar-refractivity contribution is 5.56. The summed E-state index contributed by atoms with van der Waals surface area (Å²) in [5.41, 5.74) is 2.86. The largest absolute Gasteiger partial charge is 0.353 e. The van der Waals surface area contributed by atoms with Gasteiger partial charge in [-0.3, -0.25) is 0 Å². The molecule has 138 valence electrons. The van der Waals surface area contributed by atoms with Gasteiger partial charge in [0.05, 0.1) is 6.04 Å². The zero-order valence-corrected chi connectivity index (χ0v) is 15.7. The molecule has 0 aliphatic carbocycles. The van der Waals surface area contributed by atoms with Crippen LogP contribution in [-0.2, 0) is 0 Å². The average molecular weight is 364 g/mol. The van der Waals surface area contributed by atoms with Crippen LogP contribution in [0.2, 0.25) is 0 Å². The monoisotopic (exact) mass is 364 g/mol. The van der Waals surface area contributed by atoms with E-state index in [1.807, 2.05) is 30.5 Å². The smallest absolute Gasteiger partial charge is 0.254 e. The lowest BCUT2D eigenvalue weighted by atomic mass is 10.1. The summed E-state index contributed by atoms with van der Waals surface area (Å²) in [6.45, 7) is 7.76. The number of nitrogens with zero attached hydrogens (tertiary/aromatic N) is 10. The summed E-state index contributed by atoms with van der Waals surface area (Å²) in [6, 6.07) is 4.31. The fourth-order valence-corrected chi connectivity index (χ4v) is 3.54. The van der Waals surface area contributed by atoms with Crippen molar-refractivity contribution < 1.29 is 0 Å². The first-order valence-electron chi connectivity index (χ1n) is 8.86. The van der Waals surface area contributed by atoms with E-state index >= 15 is 0 Å². The third kappa shape index (κ3) is 2.32. The molecule has 10 heteroatoms. The second-order valence-electron chi connectivity index (χ2n) is 7.00. The molecule has 10 nitrogen and oxygen atoms in total. The van der Waals surface area contributed by atoms with E-state index in [0.717, 1.165) is 47.5 Å². The van der Waals surface area contributed by atoms with Gasteiger partial charge in [0.25, 0.3) is 5.78 Å². The molecular weight excluding hydrogens is 344 g/mol. The molecule has 0 spiro atoms. The molecular formula is C17H20N10. The molecule has 1 aliphatic rings. The van der Waals surface area contributed by atoms with Crippen LogP contribution in [0.5, 0.6) is 0 Å². The molecule has 1 fully saturated rings. The minimum absolute atomic E-state index is 0.359. The van der Waals surface area contributed by atoms with Crippen LogP contribution in [0.3, 0.4) is 0 Å². The summed E-state index contributed by atoms with van der Waals surface area (Å²) in [6.07, 6.45) is 1.55. The molecule has 0 radical (unpaired) electrons. The highest BCUT2D eigenvalue weighted by Crippen LogP contribution is 2.28. The van der Waals surface area contributed by atoms with Gasteiger partial charge in [-0.2, -0.15) is 19.1 Å². The second-order valence-corrected chi connectivity index (χ2v) is 7.00. The number of anilines is 2. The second kappa shape index (κ2) is 5.60. The Kier molecular flexibility index (Phi) is 3.30. The summed E-state index contributed by atoms with van der Waals surface area (Å²) in [7, 11) is 2.10. The number of hydrogen-bond acceptors (Lipinski definition) is 8. The lowest BCUT2D eigenvalue weighted by Crippen LogP contribution is -2.59. The molecule has 4 aromatic heterocycles. The molecule has 1 aliphatic heterocycles. The molecule has 0 atom stereocenters. The highest BCUT2D eigenvalue weighted by Gasteiger charge is 2.33. The Labute approximate surface area is 155 Å². The summed E-state index contributed by atoms with van der Waals surface area (Å²) in [5.74, 6) is 3.39. The number of fused-ring (bicyclic) bond motifs is 2. The Hall–Kier alpha value is -3.30. The summed E-state index contributed by atoms with van der Waals surface area (Å²) in [5, 5.41) is 17.2. The van der Waals surface area contributed by atoms with Gasteiger partial charge in [0.2, 0.25) is 0 Å². The van der Waals surface area contributed by atoms with Gasteiger partial charge in [-0.15, -0.1) is 15.3 Å². The van der Waals surface area contributed by atoms with Crippen molar-refractivity contribution in [3.05, 3.63) is 35.5 Å². The van der Waals surface area contributed by atoms with Crippen molar-refractivity contribution in [1.82, 2.24) is 39.4 Å². The average Bonchev–Trinajstić information content (AvgIpc) is 3.21. The quantitative estimate of drug-likeness (QED) is 0.527. The van der Waals surface area contributed by atoms with Crippen molar-refractivity contribution >= 4 is 23.1 Å².